The van der Waals surface area contributed by atoms with Gasteiger partial charge in [0.2, 0.25) is 0 Å². The van der Waals surface area contributed by atoms with Gasteiger partial charge in [-0.3, -0.25) is 9.78 Å². The Morgan fingerprint density at radius 3 is 2.83 bits per heavy atom. The van der Waals surface area contributed by atoms with E-state index in [9.17, 15) is 4.79 Å². The predicted molar refractivity (Wildman–Crippen MR) is 136 cm³/mol. The SMILES string of the molecule is Cc1c(Cl)cccc1Nc1c(-c2ccncc2OC[C@H]2OCC2(C)C)[nH]c2c1C(=O)NCC21CC1. The van der Waals surface area contributed by atoms with Crippen LogP contribution in [0.4, 0.5) is 11.4 Å². The highest BCUT2D eigenvalue weighted by atomic mass is 35.5. The van der Waals surface area contributed by atoms with E-state index in [0.717, 1.165) is 53.3 Å². The van der Waals surface area contributed by atoms with Gasteiger partial charge in [-0.05, 0) is 43.5 Å². The molecular weight excluding hydrogens is 464 g/mol. The van der Waals surface area contributed by atoms with E-state index in [1.807, 2.05) is 31.2 Å². The number of pyridine rings is 1. The van der Waals surface area contributed by atoms with E-state index < -0.39 is 0 Å². The van der Waals surface area contributed by atoms with Crippen molar-refractivity contribution >= 4 is 28.9 Å². The van der Waals surface area contributed by atoms with Crippen molar-refractivity contribution in [3.63, 3.8) is 0 Å². The molecule has 2 aliphatic heterocycles. The fraction of sp³-hybridized carbons (Fsp3) is 0.407. The van der Waals surface area contributed by atoms with Gasteiger partial charge in [-0.15, -0.1) is 0 Å². The molecule has 2 aromatic heterocycles. The lowest BCUT2D eigenvalue weighted by atomic mass is 9.83. The number of carbonyl (C=O) groups is 1. The van der Waals surface area contributed by atoms with E-state index in [0.29, 0.717) is 29.5 Å². The number of rotatable bonds is 6. The number of amides is 1. The highest BCUT2D eigenvalue weighted by Crippen LogP contribution is 2.54. The van der Waals surface area contributed by atoms with E-state index in [1.54, 1.807) is 12.4 Å². The molecule has 7 nitrogen and oxygen atoms in total. The van der Waals surface area contributed by atoms with Crippen LogP contribution in [0.2, 0.25) is 5.02 Å². The third-order valence-corrected chi connectivity index (χ3v) is 8.11. The fourth-order valence-corrected chi connectivity index (χ4v) is 5.18. The number of nitrogens with zero attached hydrogens (tertiary/aromatic N) is 1. The van der Waals surface area contributed by atoms with Gasteiger partial charge in [0.05, 0.1) is 35.9 Å². The lowest BCUT2D eigenvalue weighted by Crippen LogP contribution is -2.50. The number of hydrogen-bond donors (Lipinski definition) is 3. The summed E-state index contributed by atoms with van der Waals surface area (Å²) in [6.45, 7) is 8.14. The van der Waals surface area contributed by atoms with Crippen LogP contribution in [-0.4, -0.2) is 41.7 Å². The topological polar surface area (TPSA) is 88.3 Å². The molecule has 4 heterocycles. The summed E-state index contributed by atoms with van der Waals surface area (Å²) in [4.78, 5) is 21.1. The highest BCUT2D eigenvalue weighted by Gasteiger charge is 2.51. The van der Waals surface area contributed by atoms with E-state index >= 15 is 0 Å². The summed E-state index contributed by atoms with van der Waals surface area (Å²) >= 11 is 6.41. The van der Waals surface area contributed by atoms with Crippen LogP contribution >= 0.6 is 11.6 Å². The number of carbonyl (C=O) groups excluding carboxylic acids is 1. The maximum absolute atomic E-state index is 13.2. The first-order valence-electron chi connectivity index (χ1n) is 12.0. The van der Waals surface area contributed by atoms with Crippen LogP contribution in [0.5, 0.6) is 5.75 Å². The number of halogens is 1. The van der Waals surface area contributed by atoms with Crippen LogP contribution < -0.4 is 15.4 Å². The first kappa shape index (κ1) is 22.4. The van der Waals surface area contributed by atoms with Gasteiger partial charge in [-0.25, -0.2) is 0 Å². The zero-order valence-electron chi connectivity index (χ0n) is 20.1. The molecule has 1 spiro atoms. The summed E-state index contributed by atoms with van der Waals surface area (Å²) in [5.41, 5.74) is 5.86. The Morgan fingerprint density at radius 1 is 1.29 bits per heavy atom. The average Bonchev–Trinajstić information content (AvgIpc) is 3.52. The molecule has 3 N–H and O–H groups in total. The summed E-state index contributed by atoms with van der Waals surface area (Å²) in [5.74, 6) is 0.567. The molecular formula is C27H29ClN4O3. The van der Waals surface area contributed by atoms with Crippen LogP contribution in [0.3, 0.4) is 0 Å². The minimum atomic E-state index is -0.0802. The molecule has 1 saturated carbocycles. The maximum Gasteiger partial charge on any atom is 0.255 e. The van der Waals surface area contributed by atoms with Gasteiger partial charge in [0.25, 0.3) is 5.91 Å². The quantitative estimate of drug-likeness (QED) is 0.431. The van der Waals surface area contributed by atoms with E-state index in [2.05, 4.69) is 34.4 Å². The Kier molecular flexibility index (Phi) is 5.13. The third kappa shape index (κ3) is 3.69. The number of H-pyrrole nitrogens is 1. The Balaban J connectivity index is 1.45. The number of fused-ring (bicyclic) bond motifs is 2. The summed E-state index contributed by atoms with van der Waals surface area (Å²) in [6, 6.07) is 7.66. The minimum Gasteiger partial charge on any atom is -0.489 e. The number of ether oxygens (including phenoxy) is 2. The monoisotopic (exact) mass is 492 g/mol. The number of hydrogen-bond acceptors (Lipinski definition) is 5. The molecule has 1 saturated heterocycles. The molecule has 3 aliphatic rings. The number of nitrogens with one attached hydrogen (secondary N) is 3. The average molecular weight is 493 g/mol. The van der Waals surface area contributed by atoms with Crippen molar-refractivity contribution in [3.05, 3.63) is 58.5 Å². The predicted octanol–water partition coefficient (Wildman–Crippen LogP) is 5.36. The van der Waals surface area contributed by atoms with Gasteiger partial charge in [0.15, 0.2) is 0 Å². The number of aromatic nitrogens is 2. The molecule has 3 aromatic rings. The summed E-state index contributed by atoms with van der Waals surface area (Å²) in [7, 11) is 0. The van der Waals surface area contributed by atoms with Crippen LogP contribution in [0.15, 0.2) is 36.7 Å². The van der Waals surface area contributed by atoms with E-state index in [1.165, 1.54) is 0 Å². The van der Waals surface area contributed by atoms with Gasteiger partial charge >= 0.3 is 0 Å². The second-order valence-electron chi connectivity index (χ2n) is 10.6. The van der Waals surface area contributed by atoms with Crippen molar-refractivity contribution in [1.82, 2.24) is 15.3 Å². The molecule has 1 atom stereocenters. The Morgan fingerprint density at radius 2 is 2.11 bits per heavy atom. The largest absolute Gasteiger partial charge is 0.489 e. The normalized spacial score (nSPS) is 21.1. The summed E-state index contributed by atoms with van der Waals surface area (Å²) < 4.78 is 12.0. The molecule has 1 amide bonds. The van der Waals surface area contributed by atoms with Crippen molar-refractivity contribution in [2.45, 2.75) is 45.1 Å². The van der Waals surface area contributed by atoms with E-state index in [-0.39, 0.29) is 22.8 Å². The fourth-order valence-electron chi connectivity index (χ4n) is 5.01. The van der Waals surface area contributed by atoms with Crippen molar-refractivity contribution in [2.75, 3.05) is 25.1 Å². The summed E-state index contributed by atoms with van der Waals surface area (Å²) in [5, 5.41) is 7.30. The van der Waals surface area contributed by atoms with Gasteiger partial charge in [-0.1, -0.05) is 31.5 Å². The van der Waals surface area contributed by atoms with Crippen molar-refractivity contribution < 1.29 is 14.3 Å². The van der Waals surface area contributed by atoms with Crippen molar-refractivity contribution in [1.29, 1.82) is 0 Å². The van der Waals surface area contributed by atoms with Gasteiger partial charge in [-0.2, -0.15) is 0 Å². The highest BCUT2D eigenvalue weighted by molar-refractivity contribution is 6.31. The standard InChI is InChI=1S/C27H29ClN4O3/c1-15-17(28)5-4-6-18(15)31-23-21-24(27(8-9-27)13-30-25(21)33)32-22(23)16-7-10-29-11-19(16)34-12-20-26(2,3)14-35-20/h4-7,10-11,20,31-32H,8-9,12-14H2,1-3H3,(H,30,33)/t20-/m1/s1. The lowest BCUT2D eigenvalue weighted by Gasteiger charge is -2.43. The molecule has 0 radical (unpaired) electrons. The molecule has 1 aromatic carbocycles. The first-order valence-corrected chi connectivity index (χ1v) is 12.4. The van der Waals surface area contributed by atoms with Crippen LogP contribution in [-0.2, 0) is 10.2 Å². The van der Waals surface area contributed by atoms with Crippen LogP contribution in [0, 0.1) is 12.3 Å². The Labute approximate surface area is 209 Å². The number of anilines is 2. The molecule has 0 unspecified atom stereocenters. The lowest BCUT2D eigenvalue weighted by molar-refractivity contribution is -0.180. The van der Waals surface area contributed by atoms with Crippen molar-refractivity contribution in [3.8, 4) is 17.0 Å². The van der Waals surface area contributed by atoms with Crippen LogP contribution in [0.25, 0.3) is 11.3 Å². The Bertz CT molecular complexity index is 1330. The number of benzene rings is 1. The molecule has 2 fully saturated rings. The molecule has 1 aliphatic carbocycles. The van der Waals surface area contributed by atoms with Gasteiger partial charge in [0.1, 0.15) is 12.4 Å². The summed E-state index contributed by atoms with van der Waals surface area (Å²) in [6.07, 6.45) is 5.59. The molecule has 8 heteroatoms. The first-order chi connectivity index (χ1) is 16.8. The molecule has 6 rings (SSSR count). The van der Waals surface area contributed by atoms with E-state index in [4.69, 9.17) is 21.1 Å². The zero-order valence-corrected chi connectivity index (χ0v) is 20.9. The smallest absolute Gasteiger partial charge is 0.255 e. The molecule has 0 bridgehead atoms. The third-order valence-electron chi connectivity index (χ3n) is 7.70. The molecule has 182 valence electrons. The van der Waals surface area contributed by atoms with Crippen LogP contribution in [0.1, 0.15) is 48.3 Å². The second kappa shape index (κ2) is 8.00. The zero-order chi connectivity index (χ0) is 24.4. The molecule has 35 heavy (non-hydrogen) atoms. The van der Waals surface area contributed by atoms with Gasteiger partial charge in [0, 0.05) is 45.5 Å². The minimum absolute atomic E-state index is 0.0274. The Hall–Kier alpha value is -3.03. The van der Waals surface area contributed by atoms with Crippen molar-refractivity contribution in [2.24, 2.45) is 5.41 Å². The second-order valence-corrected chi connectivity index (χ2v) is 11.0. The maximum atomic E-state index is 13.2. The number of aromatic amines is 1. The van der Waals surface area contributed by atoms with Gasteiger partial charge < -0.3 is 25.1 Å².